The highest BCUT2D eigenvalue weighted by Crippen LogP contribution is 2.28. The smallest absolute Gasteiger partial charge is 0.0593 e. The summed E-state index contributed by atoms with van der Waals surface area (Å²) in [4.78, 5) is 2.34. The van der Waals surface area contributed by atoms with E-state index in [0.29, 0.717) is 12.6 Å². The molecular weight excluding hydrogens is 248 g/mol. The Labute approximate surface area is 123 Å². The van der Waals surface area contributed by atoms with Crippen molar-refractivity contribution in [2.24, 2.45) is 11.7 Å². The van der Waals surface area contributed by atoms with Crippen molar-refractivity contribution in [3.63, 3.8) is 0 Å². The van der Waals surface area contributed by atoms with Gasteiger partial charge < -0.3 is 10.5 Å². The Kier molecular flexibility index (Phi) is 6.51. The van der Waals surface area contributed by atoms with E-state index in [-0.39, 0.29) is 0 Å². The normalized spacial score (nSPS) is 16.6. The summed E-state index contributed by atoms with van der Waals surface area (Å²) in [6, 6.07) is 11.1. The predicted molar refractivity (Wildman–Crippen MR) is 83.8 cm³/mol. The zero-order valence-electron chi connectivity index (χ0n) is 12.6. The molecule has 0 spiro atoms. The van der Waals surface area contributed by atoms with Crippen LogP contribution in [0.5, 0.6) is 0 Å². The van der Waals surface area contributed by atoms with Gasteiger partial charge in [0.05, 0.1) is 6.61 Å². The molecule has 3 heteroatoms. The molecule has 112 valence electrons. The zero-order chi connectivity index (χ0) is 14.2. The van der Waals surface area contributed by atoms with E-state index >= 15 is 0 Å². The molecule has 0 heterocycles. The molecule has 3 nitrogen and oxygen atoms in total. The van der Waals surface area contributed by atoms with Crippen LogP contribution in [0.2, 0.25) is 0 Å². The Morgan fingerprint density at radius 2 is 2.05 bits per heavy atom. The quantitative estimate of drug-likeness (QED) is 0.666. The molecule has 0 saturated heterocycles. The molecule has 2 rings (SSSR count). The number of benzene rings is 1. The molecule has 0 bridgehead atoms. The summed E-state index contributed by atoms with van der Waals surface area (Å²) in [7, 11) is 2.16. The lowest BCUT2D eigenvalue weighted by Crippen LogP contribution is -2.40. The lowest BCUT2D eigenvalue weighted by molar-refractivity contribution is 0.0909. The van der Waals surface area contributed by atoms with Crippen molar-refractivity contribution in [1.29, 1.82) is 0 Å². The summed E-state index contributed by atoms with van der Waals surface area (Å²) < 4.78 is 5.70. The van der Waals surface area contributed by atoms with Gasteiger partial charge in [-0.2, -0.15) is 0 Å². The summed E-state index contributed by atoms with van der Waals surface area (Å²) >= 11 is 0. The molecule has 0 amide bonds. The topological polar surface area (TPSA) is 38.5 Å². The van der Waals surface area contributed by atoms with Gasteiger partial charge in [-0.3, -0.25) is 4.90 Å². The number of likely N-dealkylation sites (N-methyl/N-ethyl adjacent to an activating group) is 1. The van der Waals surface area contributed by atoms with Gasteiger partial charge in [0.15, 0.2) is 0 Å². The van der Waals surface area contributed by atoms with E-state index in [2.05, 4.69) is 42.3 Å². The van der Waals surface area contributed by atoms with E-state index in [0.717, 1.165) is 38.5 Å². The van der Waals surface area contributed by atoms with Gasteiger partial charge >= 0.3 is 0 Å². The maximum absolute atomic E-state index is 5.92. The fraction of sp³-hybridized carbons (Fsp3) is 0.647. The Bertz CT molecular complexity index is 365. The van der Waals surface area contributed by atoms with Crippen molar-refractivity contribution in [3.05, 3.63) is 35.9 Å². The Hall–Kier alpha value is -0.900. The molecule has 1 unspecified atom stereocenters. The summed E-state index contributed by atoms with van der Waals surface area (Å²) in [6.45, 7) is 3.47. The fourth-order valence-electron chi connectivity index (χ4n) is 2.42. The number of nitrogens with two attached hydrogens (primary N) is 1. The van der Waals surface area contributed by atoms with Crippen LogP contribution in [0, 0.1) is 5.92 Å². The van der Waals surface area contributed by atoms with Crippen LogP contribution in [0.3, 0.4) is 0 Å². The average molecular weight is 276 g/mol. The van der Waals surface area contributed by atoms with Gasteiger partial charge in [-0.05, 0) is 44.2 Å². The molecule has 1 aromatic carbocycles. The summed E-state index contributed by atoms with van der Waals surface area (Å²) in [5, 5.41) is 0. The first-order chi connectivity index (χ1) is 9.79. The SMILES string of the molecule is CN(CCOCC1CC1)C(CN)CCc1ccccc1. The van der Waals surface area contributed by atoms with Crippen molar-refractivity contribution in [2.45, 2.75) is 31.7 Å². The molecule has 0 aromatic heterocycles. The molecule has 1 aliphatic rings. The minimum atomic E-state index is 0.444. The Morgan fingerprint density at radius 1 is 1.30 bits per heavy atom. The van der Waals surface area contributed by atoms with Crippen LogP contribution in [0.4, 0.5) is 0 Å². The van der Waals surface area contributed by atoms with E-state index in [4.69, 9.17) is 10.5 Å². The number of nitrogens with zero attached hydrogens (tertiary/aromatic N) is 1. The lowest BCUT2D eigenvalue weighted by Gasteiger charge is -2.27. The highest BCUT2D eigenvalue weighted by molar-refractivity contribution is 5.14. The monoisotopic (exact) mass is 276 g/mol. The van der Waals surface area contributed by atoms with Crippen LogP contribution in [-0.4, -0.2) is 44.3 Å². The minimum Gasteiger partial charge on any atom is -0.380 e. The van der Waals surface area contributed by atoms with Crippen LogP contribution in [0.15, 0.2) is 30.3 Å². The van der Waals surface area contributed by atoms with E-state index < -0.39 is 0 Å². The summed E-state index contributed by atoms with van der Waals surface area (Å²) in [5.41, 5.74) is 7.31. The molecule has 20 heavy (non-hydrogen) atoms. The van der Waals surface area contributed by atoms with Crippen LogP contribution < -0.4 is 5.73 Å². The van der Waals surface area contributed by atoms with E-state index in [9.17, 15) is 0 Å². The maximum atomic E-state index is 5.92. The fourth-order valence-corrected chi connectivity index (χ4v) is 2.42. The van der Waals surface area contributed by atoms with Gasteiger partial charge in [0.25, 0.3) is 0 Å². The average Bonchev–Trinajstić information content (AvgIpc) is 3.29. The molecule has 2 N–H and O–H groups in total. The van der Waals surface area contributed by atoms with E-state index in [1.165, 1.54) is 18.4 Å². The molecule has 1 fully saturated rings. The molecular formula is C17H28N2O. The predicted octanol–water partition coefficient (Wildman–Crippen LogP) is 2.30. The molecule has 1 aromatic rings. The van der Waals surface area contributed by atoms with Gasteiger partial charge in [-0.15, -0.1) is 0 Å². The van der Waals surface area contributed by atoms with Crippen molar-refractivity contribution >= 4 is 0 Å². The van der Waals surface area contributed by atoms with Crippen LogP contribution in [0.25, 0.3) is 0 Å². The highest BCUT2D eigenvalue weighted by Gasteiger charge is 2.21. The van der Waals surface area contributed by atoms with Gasteiger partial charge in [0, 0.05) is 25.7 Å². The third-order valence-electron chi connectivity index (χ3n) is 4.14. The number of ether oxygens (including phenoxy) is 1. The molecule has 0 aliphatic heterocycles. The van der Waals surface area contributed by atoms with E-state index in [1.54, 1.807) is 0 Å². The Morgan fingerprint density at radius 3 is 2.70 bits per heavy atom. The van der Waals surface area contributed by atoms with Gasteiger partial charge in [0.1, 0.15) is 0 Å². The molecule has 1 saturated carbocycles. The third-order valence-corrected chi connectivity index (χ3v) is 4.14. The first-order valence-corrected chi connectivity index (χ1v) is 7.81. The number of hydrogen-bond acceptors (Lipinski definition) is 3. The first-order valence-electron chi connectivity index (χ1n) is 7.81. The molecule has 1 aliphatic carbocycles. The van der Waals surface area contributed by atoms with Crippen LogP contribution in [-0.2, 0) is 11.2 Å². The second-order valence-corrected chi connectivity index (χ2v) is 5.91. The van der Waals surface area contributed by atoms with E-state index in [1.807, 2.05) is 0 Å². The zero-order valence-corrected chi connectivity index (χ0v) is 12.6. The van der Waals surface area contributed by atoms with Gasteiger partial charge in [0.2, 0.25) is 0 Å². The summed E-state index contributed by atoms with van der Waals surface area (Å²) in [6.07, 6.45) is 4.92. The highest BCUT2D eigenvalue weighted by atomic mass is 16.5. The number of aryl methyl sites for hydroxylation is 1. The Balaban J connectivity index is 1.63. The van der Waals surface area contributed by atoms with Crippen LogP contribution in [0.1, 0.15) is 24.8 Å². The largest absolute Gasteiger partial charge is 0.380 e. The third kappa shape index (κ3) is 5.61. The molecule has 0 radical (unpaired) electrons. The second kappa shape index (κ2) is 8.40. The number of hydrogen-bond donors (Lipinski definition) is 1. The minimum absolute atomic E-state index is 0.444. The standard InChI is InChI=1S/C17H28N2O/c1-19(11-12-20-14-16-7-8-16)17(13-18)10-9-15-5-3-2-4-6-15/h2-6,16-17H,7-14,18H2,1H3. The lowest BCUT2D eigenvalue weighted by atomic mass is 10.0. The van der Waals surface area contributed by atoms with Gasteiger partial charge in [-0.1, -0.05) is 30.3 Å². The summed E-state index contributed by atoms with van der Waals surface area (Å²) in [5.74, 6) is 0.851. The molecule has 1 atom stereocenters. The maximum Gasteiger partial charge on any atom is 0.0593 e. The van der Waals surface area contributed by atoms with Crippen LogP contribution >= 0.6 is 0 Å². The van der Waals surface area contributed by atoms with Crippen molar-refractivity contribution in [2.75, 3.05) is 33.4 Å². The van der Waals surface area contributed by atoms with Crippen molar-refractivity contribution < 1.29 is 4.74 Å². The van der Waals surface area contributed by atoms with Crippen molar-refractivity contribution in [3.8, 4) is 0 Å². The second-order valence-electron chi connectivity index (χ2n) is 5.91. The van der Waals surface area contributed by atoms with Gasteiger partial charge in [-0.25, -0.2) is 0 Å². The first kappa shape index (κ1) is 15.5. The number of rotatable bonds is 10. The van der Waals surface area contributed by atoms with Crippen molar-refractivity contribution in [1.82, 2.24) is 4.90 Å².